The Morgan fingerprint density at radius 2 is 1.71 bits per heavy atom. The van der Waals surface area contributed by atoms with Crippen molar-refractivity contribution in [1.82, 2.24) is 9.47 Å². The van der Waals surface area contributed by atoms with E-state index in [1.807, 2.05) is 26.0 Å². The summed E-state index contributed by atoms with van der Waals surface area (Å²) >= 11 is 0. The first-order valence-electron chi connectivity index (χ1n) is 10.2. The van der Waals surface area contributed by atoms with Crippen molar-refractivity contribution in [3.63, 3.8) is 0 Å². The number of halogens is 1. The van der Waals surface area contributed by atoms with Crippen LogP contribution in [-0.4, -0.2) is 49.1 Å². The summed E-state index contributed by atoms with van der Waals surface area (Å²) in [5.41, 5.74) is 1.19. The molecule has 3 aromatic rings. The number of carbonyl (C=O) groups is 1. The lowest BCUT2D eigenvalue weighted by Gasteiger charge is -2.35. The van der Waals surface area contributed by atoms with Crippen LogP contribution in [0.2, 0.25) is 0 Å². The summed E-state index contributed by atoms with van der Waals surface area (Å²) in [6, 6.07) is 12.6. The molecular formula is C23H25FN2O4S. The van der Waals surface area contributed by atoms with Gasteiger partial charge in [-0.25, -0.2) is 12.8 Å². The van der Waals surface area contributed by atoms with Crippen molar-refractivity contribution in [2.45, 2.75) is 43.2 Å². The van der Waals surface area contributed by atoms with Crippen LogP contribution < -0.4 is 0 Å². The fraction of sp³-hybridized carbons (Fsp3) is 0.348. The lowest BCUT2D eigenvalue weighted by atomic mass is 10.2. The molecular weight excluding hydrogens is 419 g/mol. The van der Waals surface area contributed by atoms with Gasteiger partial charge in [-0.1, -0.05) is 30.3 Å². The van der Waals surface area contributed by atoms with E-state index in [2.05, 4.69) is 0 Å². The van der Waals surface area contributed by atoms with Gasteiger partial charge >= 0.3 is 0 Å². The van der Waals surface area contributed by atoms with E-state index in [1.165, 1.54) is 30.5 Å². The number of hydrogen-bond donors (Lipinski definition) is 0. The highest BCUT2D eigenvalue weighted by molar-refractivity contribution is 7.90. The van der Waals surface area contributed by atoms with Gasteiger partial charge in [0.05, 0.1) is 22.9 Å². The zero-order valence-electron chi connectivity index (χ0n) is 17.5. The van der Waals surface area contributed by atoms with Gasteiger partial charge in [0.1, 0.15) is 12.4 Å². The fourth-order valence-electron chi connectivity index (χ4n) is 4.10. The molecule has 1 aromatic heterocycles. The molecule has 6 nitrogen and oxygen atoms in total. The van der Waals surface area contributed by atoms with Gasteiger partial charge in [-0.15, -0.1) is 0 Å². The van der Waals surface area contributed by atoms with Crippen molar-refractivity contribution in [2.24, 2.45) is 0 Å². The number of morpholine rings is 1. The third-order valence-electron chi connectivity index (χ3n) is 5.43. The molecule has 0 N–H and O–H groups in total. The maximum absolute atomic E-state index is 13.2. The van der Waals surface area contributed by atoms with Crippen molar-refractivity contribution in [1.29, 1.82) is 0 Å². The standard InChI is InChI=1S/C23H25FN2O4S/c1-16-11-26(12-17(2)30-16)23(27)14-25-13-22(20-5-3-4-6-21(20)25)31(28,29)15-18-7-9-19(24)10-8-18/h3-10,13,16-17H,11-12,14-15H2,1-2H3/t16-,17-/m1/s1. The zero-order valence-corrected chi connectivity index (χ0v) is 18.3. The predicted molar refractivity (Wildman–Crippen MR) is 116 cm³/mol. The van der Waals surface area contributed by atoms with Gasteiger partial charge in [0.15, 0.2) is 9.84 Å². The van der Waals surface area contributed by atoms with Crippen LogP contribution in [0.4, 0.5) is 4.39 Å². The Bertz CT molecular complexity index is 1190. The first-order chi connectivity index (χ1) is 14.7. The fourth-order valence-corrected chi connectivity index (χ4v) is 5.68. The Morgan fingerprint density at radius 1 is 1.06 bits per heavy atom. The molecule has 1 amide bonds. The molecule has 2 atom stereocenters. The Labute approximate surface area is 181 Å². The van der Waals surface area contributed by atoms with E-state index in [0.29, 0.717) is 29.6 Å². The highest BCUT2D eigenvalue weighted by Crippen LogP contribution is 2.28. The molecule has 1 aliphatic rings. The van der Waals surface area contributed by atoms with Gasteiger partial charge in [-0.05, 0) is 37.6 Å². The summed E-state index contributed by atoms with van der Waals surface area (Å²) in [5.74, 6) is -0.735. The minimum atomic E-state index is -3.70. The third kappa shape index (κ3) is 4.65. The molecule has 0 aliphatic carbocycles. The number of fused-ring (bicyclic) bond motifs is 1. The van der Waals surface area contributed by atoms with E-state index in [4.69, 9.17) is 4.74 Å². The molecule has 0 saturated carbocycles. The third-order valence-corrected chi connectivity index (χ3v) is 7.14. The number of hydrogen-bond acceptors (Lipinski definition) is 4. The number of nitrogens with zero attached hydrogens (tertiary/aromatic N) is 2. The molecule has 1 aliphatic heterocycles. The van der Waals surface area contributed by atoms with Crippen molar-refractivity contribution < 1.29 is 22.3 Å². The monoisotopic (exact) mass is 444 g/mol. The second-order valence-electron chi connectivity index (χ2n) is 8.08. The largest absolute Gasteiger partial charge is 0.372 e. The van der Waals surface area contributed by atoms with E-state index < -0.39 is 15.7 Å². The average Bonchev–Trinajstić information content (AvgIpc) is 3.08. The van der Waals surface area contributed by atoms with Crippen molar-refractivity contribution in [2.75, 3.05) is 13.1 Å². The van der Waals surface area contributed by atoms with Crippen LogP contribution in [0.15, 0.2) is 59.6 Å². The minimum absolute atomic E-state index is 0.0410. The van der Waals surface area contributed by atoms with E-state index in [0.717, 1.165) is 0 Å². The Balaban J connectivity index is 1.64. The van der Waals surface area contributed by atoms with Crippen LogP contribution in [0.3, 0.4) is 0 Å². The van der Waals surface area contributed by atoms with E-state index in [-0.39, 0.29) is 35.3 Å². The van der Waals surface area contributed by atoms with Gasteiger partial charge in [0.2, 0.25) is 5.91 Å². The van der Waals surface area contributed by atoms with Crippen molar-refractivity contribution >= 4 is 26.6 Å². The maximum Gasteiger partial charge on any atom is 0.242 e. The Morgan fingerprint density at radius 3 is 2.39 bits per heavy atom. The van der Waals surface area contributed by atoms with Crippen LogP contribution in [-0.2, 0) is 31.7 Å². The predicted octanol–water partition coefficient (Wildman–Crippen LogP) is 3.39. The quantitative estimate of drug-likeness (QED) is 0.605. The van der Waals surface area contributed by atoms with Crippen molar-refractivity contribution in [3.05, 3.63) is 66.1 Å². The Kier molecular flexibility index (Phi) is 5.85. The van der Waals surface area contributed by atoms with E-state index >= 15 is 0 Å². The number of para-hydroxylation sites is 1. The number of ether oxygens (including phenoxy) is 1. The van der Waals surface area contributed by atoms with Gasteiger partial charge in [-0.3, -0.25) is 4.79 Å². The molecule has 8 heteroatoms. The number of carbonyl (C=O) groups excluding carboxylic acids is 1. The van der Waals surface area contributed by atoms with Gasteiger partial charge in [-0.2, -0.15) is 0 Å². The second-order valence-corrected chi connectivity index (χ2v) is 10.0. The molecule has 0 unspecified atom stereocenters. The molecule has 2 heterocycles. The van der Waals surface area contributed by atoms with Crippen LogP contribution >= 0.6 is 0 Å². The highest BCUT2D eigenvalue weighted by Gasteiger charge is 2.27. The number of benzene rings is 2. The van der Waals surface area contributed by atoms with Crippen molar-refractivity contribution in [3.8, 4) is 0 Å². The molecule has 0 spiro atoms. The number of sulfone groups is 1. The summed E-state index contributed by atoms with van der Waals surface area (Å²) in [5, 5.41) is 0.570. The number of aromatic nitrogens is 1. The van der Waals surface area contributed by atoms with Gasteiger partial charge in [0.25, 0.3) is 0 Å². The second kappa shape index (κ2) is 8.43. The summed E-state index contributed by atoms with van der Waals surface area (Å²) in [4.78, 5) is 14.9. The van der Waals surface area contributed by atoms with Crippen LogP contribution in [0.1, 0.15) is 19.4 Å². The average molecular weight is 445 g/mol. The zero-order chi connectivity index (χ0) is 22.2. The molecule has 164 valence electrons. The number of amides is 1. The lowest BCUT2D eigenvalue weighted by molar-refractivity contribution is -0.143. The smallest absolute Gasteiger partial charge is 0.242 e. The minimum Gasteiger partial charge on any atom is -0.372 e. The van der Waals surface area contributed by atoms with Gasteiger partial charge < -0.3 is 14.2 Å². The molecule has 2 aromatic carbocycles. The summed E-state index contributed by atoms with van der Waals surface area (Å²) < 4.78 is 46.9. The van der Waals surface area contributed by atoms with Crippen LogP contribution in [0, 0.1) is 5.82 Å². The van der Waals surface area contributed by atoms with E-state index in [9.17, 15) is 17.6 Å². The SMILES string of the molecule is C[C@@H]1CN(C(=O)Cn2cc(S(=O)(=O)Cc3ccc(F)cc3)c3ccccc32)C[C@@H](C)O1. The topological polar surface area (TPSA) is 68.6 Å². The molecule has 4 rings (SSSR count). The first kappa shape index (κ1) is 21.5. The Hall–Kier alpha value is -2.71. The first-order valence-corrected chi connectivity index (χ1v) is 11.9. The summed E-state index contributed by atoms with van der Waals surface area (Å²) in [6.45, 7) is 4.93. The molecule has 0 radical (unpaired) electrons. The molecule has 1 saturated heterocycles. The van der Waals surface area contributed by atoms with E-state index in [1.54, 1.807) is 21.6 Å². The van der Waals surface area contributed by atoms with Crippen LogP contribution in [0.25, 0.3) is 10.9 Å². The molecule has 31 heavy (non-hydrogen) atoms. The lowest BCUT2D eigenvalue weighted by Crippen LogP contribution is -2.49. The maximum atomic E-state index is 13.2. The van der Waals surface area contributed by atoms with Crippen LogP contribution in [0.5, 0.6) is 0 Å². The number of rotatable bonds is 5. The summed E-state index contributed by atoms with van der Waals surface area (Å²) in [7, 11) is -3.70. The molecule has 1 fully saturated rings. The summed E-state index contributed by atoms with van der Waals surface area (Å²) in [6.07, 6.45) is 1.45. The van der Waals surface area contributed by atoms with Gasteiger partial charge in [0, 0.05) is 30.2 Å². The highest BCUT2D eigenvalue weighted by atomic mass is 32.2. The molecule has 0 bridgehead atoms. The normalized spacial score (nSPS) is 19.6.